The number of nitrogen functional groups attached to an aromatic ring is 1. The third-order valence-electron chi connectivity index (χ3n) is 5.09. The highest BCUT2D eigenvalue weighted by Crippen LogP contribution is 2.31. The third-order valence-corrected chi connectivity index (χ3v) is 5.85. The topological polar surface area (TPSA) is 82.5 Å². The molecule has 3 heterocycles. The molecule has 0 saturated carbocycles. The van der Waals surface area contributed by atoms with Crippen molar-refractivity contribution < 1.29 is 4.39 Å². The van der Waals surface area contributed by atoms with Gasteiger partial charge < -0.3 is 5.73 Å². The van der Waals surface area contributed by atoms with Crippen molar-refractivity contribution in [3.8, 4) is 11.3 Å². The van der Waals surface area contributed by atoms with Gasteiger partial charge in [0.25, 0.3) is 0 Å². The summed E-state index contributed by atoms with van der Waals surface area (Å²) in [6, 6.07) is 8.90. The number of rotatable bonds is 3. The van der Waals surface area contributed by atoms with Gasteiger partial charge in [-0.1, -0.05) is 12.1 Å². The molecule has 1 aliphatic rings. The molecule has 0 aliphatic heterocycles. The standard InChI is InChI=1S/C20H16FIN6/c21-14-6-2-1-5-13(14)17-12(8-11-4-3-7-15(11)26-17)9-28-20-16(18(22)27-28)19(23)24-10-25-20/h1-2,5-6,8,10H,3-4,7,9H2,(H2,23,24,25). The van der Waals surface area contributed by atoms with Crippen molar-refractivity contribution >= 4 is 39.4 Å². The molecule has 0 radical (unpaired) electrons. The van der Waals surface area contributed by atoms with Crippen LogP contribution in [0.5, 0.6) is 0 Å². The number of aryl methyl sites for hydroxylation is 2. The summed E-state index contributed by atoms with van der Waals surface area (Å²) < 4.78 is 17.1. The fourth-order valence-electron chi connectivity index (χ4n) is 3.78. The second kappa shape index (κ2) is 6.77. The molecule has 140 valence electrons. The van der Waals surface area contributed by atoms with Crippen molar-refractivity contribution in [3.63, 3.8) is 0 Å². The minimum atomic E-state index is -0.277. The van der Waals surface area contributed by atoms with Crippen molar-refractivity contribution in [3.05, 3.63) is 63.0 Å². The number of hydrogen-bond donors (Lipinski definition) is 1. The first-order chi connectivity index (χ1) is 13.6. The lowest BCUT2D eigenvalue weighted by atomic mass is 10.0. The molecule has 0 fully saturated rings. The van der Waals surface area contributed by atoms with Crippen molar-refractivity contribution in [2.24, 2.45) is 0 Å². The SMILES string of the molecule is Nc1ncnc2c1c(I)nn2Cc1cc2c(nc1-c1ccccc1F)CCC2. The average molecular weight is 486 g/mol. The monoisotopic (exact) mass is 486 g/mol. The summed E-state index contributed by atoms with van der Waals surface area (Å²) in [6.45, 7) is 0.430. The molecule has 0 amide bonds. The normalized spacial score (nSPS) is 13.2. The van der Waals surface area contributed by atoms with Gasteiger partial charge >= 0.3 is 0 Å². The van der Waals surface area contributed by atoms with Gasteiger partial charge in [0.1, 0.15) is 21.7 Å². The second-order valence-corrected chi connectivity index (χ2v) is 7.86. The van der Waals surface area contributed by atoms with Crippen LogP contribution in [0.1, 0.15) is 23.2 Å². The molecule has 0 unspecified atom stereocenters. The molecule has 6 nitrogen and oxygen atoms in total. The van der Waals surface area contributed by atoms with Gasteiger partial charge in [0, 0.05) is 16.8 Å². The lowest BCUT2D eigenvalue weighted by Crippen LogP contribution is -2.08. The second-order valence-electron chi connectivity index (χ2n) is 6.84. The van der Waals surface area contributed by atoms with E-state index in [0.717, 1.165) is 39.6 Å². The highest BCUT2D eigenvalue weighted by molar-refractivity contribution is 14.1. The van der Waals surface area contributed by atoms with Crippen LogP contribution < -0.4 is 5.73 Å². The van der Waals surface area contributed by atoms with Gasteiger partial charge in [0.05, 0.1) is 17.6 Å². The summed E-state index contributed by atoms with van der Waals surface area (Å²) in [5.41, 5.74) is 11.1. The molecule has 28 heavy (non-hydrogen) atoms. The molecule has 4 aromatic rings. The zero-order chi connectivity index (χ0) is 19.3. The minimum Gasteiger partial charge on any atom is -0.383 e. The smallest absolute Gasteiger partial charge is 0.164 e. The average Bonchev–Trinajstić information content (AvgIpc) is 3.26. The van der Waals surface area contributed by atoms with E-state index in [4.69, 9.17) is 10.7 Å². The molecule has 0 bridgehead atoms. The van der Waals surface area contributed by atoms with Crippen LogP contribution in [0.25, 0.3) is 22.3 Å². The van der Waals surface area contributed by atoms with Crippen molar-refractivity contribution in [1.82, 2.24) is 24.7 Å². The van der Waals surface area contributed by atoms with E-state index in [9.17, 15) is 4.39 Å². The zero-order valence-electron chi connectivity index (χ0n) is 14.9. The van der Waals surface area contributed by atoms with Crippen LogP contribution in [0.15, 0.2) is 36.7 Å². The molecule has 3 aromatic heterocycles. The van der Waals surface area contributed by atoms with Crippen LogP contribution in [0.3, 0.4) is 0 Å². The van der Waals surface area contributed by atoms with Crippen LogP contribution in [0.4, 0.5) is 10.2 Å². The molecule has 5 rings (SSSR count). The first-order valence-electron chi connectivity index (χ1n) is 9.01. The number of benzene rings is 1. The summed E-state index contributed by atoms with van der Waals surface area (Å²) in [7, 11) is 0. The largest absolute Gasteiger partial charge is 0.383 e. The molecule has 1 aromatic carbocycles. The number of anilines is 1. The lowest BCUT2D eigenvalue weighted by molar-refractivity contribution is 0.629. The Balaban J connectivity index is 1.69. The Morgan fingerprint density at radius 1 is 1.18 bits per heavy atom. The van der Waals surface area contributed by atoms with E-state index in [1.54, 1.807) is 16.8 Å². The zero-order valence-corrected chi connectivity index (χ0v) is 17.0. The van der Waals surface area contributed by atoms with Gasteiger partial charge in [-0.05, 0) is 65.6 Å². The molecule has 8 heteroatoms. The number of pyridine rings is 1. The Hall–Kier alpha value is -2.62. The van der Waals surface area contributed by atoms with E-state index in [0.29, 0.717) is 29.3 Å². The van der Waals surface area contributed by atoms with Gasteiger partial charge in [-0.25, -0.2) is 19.0 Å². The fraction of sp³-hybridized carbons (Fsp3) is 0.200. The van der Waals surface area contributed by atoms with Crippen LogP contribution in [-0.4, -0.2) is 24.7 Å². The maximum atomic E-state index is 14.6. The van der Waals surface area contributed by atoms with Crippen LogP contribution >= 0.6 is 22.6 Å². The molecule has 2 N–H and O–H groups in total. The van der Waals surface area contributed by atoms with Gasteiger partial charge in [-0.15, -0.1) is 0 Å². The maximum absolute atomic E-state index is 14.6. The number of halogens is 2. The fourth-order valence-corrected chi connectivity index (χ4v) is 4.56. The van der Waals surface area contributed by atoms with Crippen LogP contribution in [0.2, 0.25) is 0 Å². The number of aromatic nitrogens is 5. The number of nitrogens with two attached hydrogens (primary N) is 1. The van der Waals surface area contributed by atoms with Crippen LogP contribution in [0, 0.1) is 9.52 Å². The predicted octanol–water partition coefficient (Wildman–Crippen LogP) is 3.75. The third kappa shape index (κ3) is 2.83. The number of nitrogens with zero attached hydrogens (tertiary/aromatic N) is 5. The van der Waals surface area contributed by atoms with E-state index in [2.05, 4.69) is 43.7 Å². The predicted molar refractivity (Wildman–Crippen MR) is 113 cm³/mol. The molecular formula is C20H16FIN6. The summed E-state index contributed by atoms with van der Waals surface area (Å²) in [6.07, 6.45) is 4.45. The Kier molecular flexibility index (Phi) is 4.22. The van der Waals surface area contributed by atoms with Crippen LogP contribution in [-0.2, 0) is 19.4 Å². The number of hydrogen-bond acceptors (Lipinski definition) is 5. The van der Waals surface area contributed by atoms with Gasteiger partial charge in [0.2, 0.25) is 0 Å². The molecule has 0 spiro atoms. The van der Waals surface area contributed by atoms with E-state index >= 15 is 0 Å². The highest BCUT2D eigenvalue weighted by atomic mass is 127. The quantitative estimate of drug-likeness (QED) is 0.446. The van der Waals surface area contributed by atoms with Crippen molar-refractivity contribution in [2.75, 3.05) is 5.73 Å². The van der Waals surface area contributed by atoms with Crippen molar-refractivity contribution in [2.45, 2.75) is 25.8 Å². The summed E-state index contributed by atoms with van der Waals surface area (Å²) in [4.78, 5) is 13.3. The maximum Gasteiger partial charge on any atom is 0.164 e. The molecular weight excluding hydrogens is 470 g/mol. The molecule has 0 saturated heterocycles. The Labute approximate surface area is 174 Å². The van der Waals surface area contributed by atoms with Crippen molar-refractivity contribution in [1.29, 1.82) is 0 Å². The van der Waals surface area contributed by atoms with Gasteiger partial charge in [-0.3, -0.25) is 4.98 Å². The first-order valence-corrected chi connectivity index (χ1v) is 10.1. The molecule has 0 atom stereocenters. The van der Waals surface area contributed by atoms with E-state index in [1.807, 2.05) is 6.07 Å². The Morgan fingerprint density at radius 3 is 2.89 bits per heavy atom. The molecule has 1 aliphatic carbocycles. The summed E-state index contributed by atoms with van der Waals surface area (Å²) >= 11 is 2.13. The van der Waals surface area contributed by atoms with Gasteiger partial charge in [0.15, 0.2) is 5.65 Å². The Bertz CT molecular complexity index is 1220. The first kappa shape index (κ1) is 17.5. The Morgan fingerprint density at radius 2 is 2.04 bits per heavy atom. The summed E-state index contributed by atoms with van der Waals surface area (Å²) in [5, 5.41) is 5.34. The van der Waals surface area contributed by atoms with E-state index < -0.39 is 0 Å². The minimum absolute atomic E-state index is 0.277. The van der Waals surface area contributed by atoms with E-state index in [1.165, 1.54) is 18.0 Å². The number of fused-ring (bicyclic) bond motifs is 2. The van der Waals surface area contributed by atoms with Gasteiger partial charge in [-0.2, -0.15) is 5.10 Å². The summed E-state index contributed by atoms with van der Waals surface area (Å²) in [5.74, 6) is 0.128. The lowest BCUT2D eigenvalue weighted by Gasteiger charge is -2.13. The van der Waals surface area contributed by atoms with E-state index in [-0.39, 0.29) is 5.82 Å². The highest BCUT2D eigenvalue weighted by Gasteiger charge is 2.21.